The maximum absolute atomic E-state index is 5.47. The van der Waals surface area contributed by atoms with Crippen LogP contribution in [0.3, 0.4) is 0 Å². The summed E-state index contributed by atoms with van der Waals surface area (Å²) < 4.78 is 65.9. The molecule has 0 aromatic heterocycles. The summed E-state index contributed by atoms with van der Waals surface area (Å²) in [7, 11) is 0. The van der Waals surface area contributed by atoms with E-state index in [2.05, 4.69) is 29.2 Å². The maximum Gasteiger partial charge on any atom is 0.0704 e. The van der Waals surface area contributed by atoms with Crippen LogP contribution in [-0.2, 0) is 56.8 Å². The van der Waals surface area contributed by atoms with Gasteiger partial charge in [0.2, 0.25) is 0 Å². The molecule has 0 saturated carbocycles. The Bertz CT molecular complexity index is 465. The average Bonchev–Trinajstić information content (AvgIpc) is 2.97. The second-order valence-corrected chi connectivity index (χ2v) is 8.87. The Morgan fingerprint density at radius 1 is 0.300 bits per heavy atom. The van der Waals surface area contributed by atoms with Gasteiger partial charge in [-0.1, -0.05) is 28.7 Å². The van der Waals surface area contributed by atoms with Crippen LogP contribution in [0.2, 0.25) is 0 Å². The van der Waals surface area contributed by atoms with Gasteiger partial charge in [-0.3, -0.25) is 0 Å². The van der Waals surface area contributed by atoms with Gasteiger partial charge in [0.25, 0.3) is 0 Å². The van der Waals surface area contributed by atoms with Gasteiger partial charge in [-0.05, 0) is 0 Å². The highest BCUT2D eigenvalue weighted by Crippen LogP contribution is 1.88. The summed E-state index contributed by atoms with van der Waals surface area (Å²) in [4.78, 5) is 0. The van der Waals surface area contributed by atoms with Crippen LogP contribution in [0.5, 0.6) is 0 Å². The molecule has 13 heteroatoms. The molecule has 0 unspecified atom stereocenters. The van der Waals surface area contributed by atoms with Gasteiger partial charge < -0.3 is 56.8 Å². The second-order valence-electron chi connectivity index (χ2n) is 7.79. The molecular formula is C27H53IO12. The van der Waals surface area contributed by atoms with Crippen molar-refractivity contribution in [1.29, 1.82) is 0 Å². The first-order valence-corrected chi connectivity index (χ1v) is 15.5. The second kappa shape index (κ2) is 39.0. The van der Waals surface area contributed by atoms with Gasteiger partial charge in [0.05, 0.1) is 159 Å². The first kappa shape index (κ1) is 40.0. The van der Waals surface area contributed by atoms with Crippen molar-refractivity contribution in [1.82, 2.24) is 0 Å². The van der Waals surface area contributed by atoms with Crippen LogP contribution < -0.4 is 0 Å². The molecule has 0 aromatic carbocycles. The molecule has 12 nitrogen and oxygen atoms in total. The van der Waals surface area contributed by atoms with E-state index in [1.54, 1.807) is 6.08 Å². The van der Waals surface area contributed by atoms with Gasteiger partial charge in [-0.2, -0.15) is 0 Å². The van der Waals surface area contributed by atoms with Crippen LogP contribution in [-0.4, -0.2) is 163 Å². The van der Waals surface area contributed by atoms with Gasteiger partial charge in [0, 0.05) is 4.43 Å². The zero-order chi connectivity index (χ0) is 28.9. The van der Waals surface area contributed by atoms with E-state index < -0.39 is 0 Å². The van der Waals surface area contributed by atoms with E-state index in [1.165, 1.54) is 0 Å². The fourth-order valence-corrected chi connectivity index (χ4v) is 2.95. The Morgan fingerprint density at radius 3 is 0.650 bits per heavy atom. The summed E-state index contributed by atoms with van der Waals surface area (Å²) >= 11 is 2.28. The molecule has 0 aliphatic rings. The number of ether oxygens (including phenoxy) is 12. The standard InChI is InChI=1S/C27H53IO12/c1-2-4-29-6-8-31-10-12-33-14-16-35-18-20-37-22-24-39-26-27-40-25-23-38-21-19-36-17-15-34-13-11-32-9-7-30-5-3-28/h2H,1,3-27H2. The molecule has 0 aliphatic heterocycles. The molecule has 0 aliphatic carbocycles. The first-order valence-electron chi connectivity index (χ1n) is 14.0. The third kappa shape index (κ3) is 38.0. The lowest BCUT2D eigenvalue weighted by atomic mass is 10.6. The van der Waals surface area contributed by atoms with Crippen molar-refractivity contribution >= 4 is 22.6 Å². The monoisotopic (exact) mass is 696 g/mol. The minimum Gasteiger partial charge on any atom is -0.378 e. The van der Waals surface area contributed by atoms with Crippen molar-refractivity contribution in [3.05, 3.63) is 12.7 Å². The molecule has 0 radical (unpaired) electrons. The van der Waals surface area contributed by atoms with E-state index in [0.717, 1.165) is 11.0 Å². The van der Waals surface area contributed by atoms with E-state index in [-0.39, 0.29) is 0 Å². The summed E-state index contributed by atoms with van der Waals surface area (Å²) in [5.41, 5.74) is 0. The number of halogens is 1. The van der Waals surface area contributed by atoms with Gasteiger partial charge in [0.15, 0.2) is 0 Å². The zero-order valence-corrected chi connectivity index (χ0v) is 26.4. The minimum atomic E-state index is 0.517. The SMILES string of the molecule is C=CCOCCOCCOCCOCCOCCOCCOCCOCCOCCOCCOCCOCCI. The molecule has 0 rings (SSSR count). The topological polar surface area (TPSA) is 111 Å². The lowest BCUT2D eigenvalue weighted by Gasteiger charge is -2.09. The molecule has 0 saturated heterocycles. The van der Waals surface area contributed by atoms with Crippen LogP contribution in [0.15, 0.2) is 12.7 Å². The average molecular weight is 697 g/mol. The fourth-order valence-electron chi connectivity index (χ4n) is 2.64. The molecule has 240 valence electrons. The third-order valence-corrected chi connectivity index (χ3v) is 4.99. The van der Waals surface area contributed by atoms with Gasteiger partial charge in [-0.25, -0.2) is 0 Å². The Kier molecular flexibility index (Phi) is 39.0. The number of hydrogen-bond acceptors (Lipinski definition) is 12. The molecule has 0 N–H and O–H groups in total. The summed E-state index contributed by atoms with van der Waals surface area (Å²) in [6.07, 6.45) is 1.71. The van der Waals surface area contributed by atoms with E-state index in [9.17, 15) is 0 Å². The zero-order valence-electron chi connectivity index (χ0n) is 24.2. The molecule has 0 atom stereocenters. The Morgan fingerprint density at radius 2 is 0.475 bits per heavy atom. The smallest absolute Gasteiger partial charge is 0.0704 e. The van der Waals surface area contributed by atoms with Crippen molar-refractivity contribution in [3.8, 4) is 0 Å². The summed E-state index contributed by atoms with van der Waals surface area (Å²) in [5.74, 6) is 0. The van der Waals surface area contributed by atoms with Crippen LogP contribution in [0.1, 0.15) is 0 Å². The Labute approximate surface area is 254 Å². The van der Waals surface area contributed by atoms with E-state index in [4.69, 9.17) is 56.8 Å². The van der Waals surface area contributed by atoms with Gasteiger partial charge in [0.1, 0.15) is 0 Å². The van der Waals surface area contributed by atoms with Gasteiger partial charge >= 0.3 is 0 Å². The molecule has 0 heterocycles. The normalized spacial score (nSPS) is 11.4. The molecule has 0 spiro atoms. The van der Waals surface area contributed by atoms with Crippen LogP contribution in [0.25, 0.3) is 0 Å². The van der Waals surface area contributed by atoms with Gasteiger partial charge in [-0.15, -0.1) is 6.58 Å². The number of rotatable bonds is 37. The fraction of sp³-hybridized carbons (Fsp3) is 0.926. The summed E-state index contributed by atoms with van der Waals surface area (Å²) in [6, 6.07) is 0. The Balaban J connectivity index is 3.02. The first-order chi connectivity index (χ1) is 19.9. The van der Waals surface area contributed by atoms with E-state index in [0.29, 0.717) is 152 Å². The van der Waals surface area contributed by atoms with Crippen molar-refractivity contribution < 1.29 is 56.8 Å². The lowest BCUT2D eigenvalue weighted by Crippen LogP contribution is -2.15. The Hall–Kier alpha value is -0.0100. The van der Waals surface area contributed by atoms with Crippen molar-refractivity contribution in [2.45, 2.75) is 0 Å². The predicted octanol–water partition coefficient (Wildman–Crippen LogP) is 1.81. The molecular weight excluding hydrogens is 643 g/mol. The predicted molar refractivity (Wildman–Crippen MR) is 159 cm³/mol. The van der Waals surface area contributed by atoms with Crippen LogP contribution in [0.4, 0.5) is 0 Å². The van der Waals surface area contributed by atoms with Crippen molar-refractivity contribution in [2.24, 2.45) is 0 Å². The minimum absolute atomic E-state index is 0.517. The number of alkyl halides is 1. The third-order valence-electron chi connectivity index (χ3n) is 4.55. The van der Waals surface area contributed by atoms with Crippen LogP contribution >= 0.6 is 22.6 Å². The number of hydrogen-bond donors (Lipinski definition) is 0. The molecule has 40 heavy (non-hydrogen) atoms. The quantitative estimate of drug-likeness (QED) is 0.0409. The maximum atomic E-state index is 5.47. The summed E-state index contributed by atoms with van der Waals surface area (Å²) in [5, 5.41) is 0. The molecule has 0 bridgehead atoms. The largest absolute Gasteiger partial charge is 0.378 e. The van der Waals surface area contributed by atoms with Crippen molar-refractivity contribution in [3.63, 3.8) is 0 Å². The highest BCUT2D eigenvalue weighted by molar-refractivity contribution is 14.1. The lowest BCUT2D eigenvalue weighted by molar-refractivity contribution is -0.0280. The molecule has 0 amide bonds. The van der Waals surface area contributed by atoms with Crippen molar-refractivity contribution in [2.75, 3.05) is 163 Å². The highest BCUT2D eigenvalue weighted by atomic mass is 127. The molecule has 0 fully saturated rings. The van der Waals surface area contributed by atoms with E-state index >= 15 is 0 Å². The van der Waals surface area contributed by atoms with Crippen LogP contribution in [0, 0.1) is 0 Å². The highest BCUT2D eigenvalue weighted by Gasteiger charge is 1.96. The summed E-state index contributed by atoms with van der Waals surface area (Å²) in [6.45, 7) is 16.8. The molecule has 0 aromatic rings. The van der Waals surface area contributed by atoms with E-state index in [1.807, 2.05) is 0 Å².